The van der Waals surface area contributed by atoms with Crippen LogP contribution in [0.4, 0.5) is 10.5 Å². The Morgan fingerprint density at radius 2 is 1.77 bits per heavy atom. The summed E-state index contributed by atoms with van der Waals surface area (Å²) in [6, 6.07) is 15.0. The summed E-state index contributed by atoms with van der Waals surface area (Å²) in [5.74, 6) is -1.41. The quantitative estimate of drug-likeness (QED) is 0.255. The van der Waals surface area contributed by atoms with Crippen LogP contribution in [0.25, 0.3) is 0 Å². The van der Waals surface area contributed by atoms with Gasteiger partial charge in [-0.3, -0.25) is 24.6 Å². The van der Waals surface area contributed by atoms with E-state index in [0.717, 1.165) is 29.7 Å². The summed E-state index contributed by atoms with van der Waals surface area (Å²) in [5.41, 5.74) is 1.48. The van der Waals surface area contributed by atoms with Gasteiger partial charge in [-0.25, -0.2) is 4.79 Å². The van der Waals surface area contributed by atoms with E-state index in [4.69, 9.17) is 14.2 Å². The Hall–Kier alpha value is -3.61. The molecule has 2 aliphatic heterocycles. The van der Waals surface area contributed by atoms with E-state index in [-0.39, 0.29) is 25.9 Å². The zero-order valence-corrected chi connectivity index (χ0v) is 25.1. The Bertz CT molecular complexity index is 1240. The smallest absolute Gasteiger partial charge is 0.410 e. The largest absolute Gasteiger partial charge is 0.480 e. The summed E-state index contributed by atoms with van der Waals surface area (Å²) in [6.45, 7) is 3.28. The number of anilines is 1. The van der Waals surface area contributed by atoms with Gasteiger partial charge < -0.3 is 24.2 Å². The molecule has 0 spiro atoms. The van der Waals surface area contributed by atoms with Crippen LogP contribution in [0.2, 0.25) is 0 Å². The Balaban J connectivity index is 1.25. The number of nitrogens with zero attached hydrogens (tertiary/aromatic N) is 2. The molecule has 4 rings (SSSR count). The number of hydrogen-bond donors (Lipinski definition) is 2. The first-order valence-electron chi connectivity index (χ1n) is 14.6. The number of para-hydroxylation sites is 1. The third kappa shape index (κ3) is 9.44. The molecule has 2 N–H and O–H groups in total. The van der Waals surface area contributed by atoms with Crippen LogP contribution in [0.5, 0.6) is 0 Å². The van der Waals surface area contributed by atoms with Crippen molar-refractivity contribution in [2.75, 3.05) is 50.1 Å². The average molecular weight is 614 g/mol. The van der Waals surface area contributed by atoms with Gasteiger partial charge in [0, 0.05) is 30.3 Å². The summed E-state index contributed by atoms with van der Waals surface area (Å²) in [5, 5.41) is 12.5. The maximum atomic E-state index is 13.4. The molecule has 2 atom stereocenters. The van der Waals surface area contributed by atoms with Gasteiger partial charge in [0.2, 0.25) is 5.91 Å². The van der Waals surface area contributed by atoms with Crippen LogP contribution in [0.15, 0.2) is 59.5 Å². The molecule has 0 bridgehead atoms. The van der Waals surface area contributed by atoms with Crippen molar-refractivity contribution in [1.29, 1.82) is 0 Å². The van der Waals surface area contributed by atoms with Gasteiger partial charge in [-0.15, -0.1) is 11.8 Å². The zero-order chi connectivity index (χ0) is 30.6. The summed E-state index contributed by atoms with van der Waals surface area (Å²) >= 11 is 1.42. The minimum absolute atomic E-state index is 0.00379. The van der Waals surface area contributed by atoms with Crippen LogP contribution in [0.1, 0.15) is 31.7 Å². The Morgan fingerprint density at radius 3 is 2.49 bits per heavy atom. The van der Waals surface area contributed by atoms with Crippen molar-refractivity contribution in [3.8, 4) is 0 Å². The normalized spacial score (nSPS) is 18.0. The van der Waals surface area contributed by atoms with Gasteiger partial charge in [0.1, 0.15) is 19.2 Å². The number of benzene rings is 2. The summed E-state index contributed by atoms with van der Waals surface area (Å²) in [6.07, 6.45) is 2.12. The zero-order valence-electron chi connectivity index (χ0n) is 24.3. The number of carboxylic acid groups (broad SMARTS) is 1. The average Bonchev–Trinajstić information content (AvgIpc) is 3.14. The van der Waals surface area contributed by atoms with Gasteiger partial charge in [-0.05, 0) is 49.8 Å². The van der Waals surface area contributed by atoms with Crippen molar-refractivity contribution < 1.29 is 38.5 Å². The van der Waals surface area contributed by atoms with Crippen molar-refractivity contribution in [2.24, 2.45) is 5.92 Å². The Labute approximate surface area is 255 Å². The summed E-state index contributed by atoms with van der Waals surface area (Å²) in [4.78, 5) is 54.0. The van der Waals surface area contributed by atoms with Crippen molar-refractivity contribution in [1.82, 2.24) is 10.2 Å². The van der Waals surface area contributed by atoms with E-state index in [2.05, 4.69) is 5.32 Å². The second kappa shape index (κ2) is 16.3. The lowest BCUT2D eigenvalue weighted by atomic mass is 9.94. The highest BCUT2D eigenvalue weighted by Crippen LogP contribution is 2.34. The second-order valence-corrected chi connectivity index (χ2v) is 11.5. The van der Waals surface area contributed by atoms with Crippen LogP contribution in [-0.2, 0) is 35.2 Å². The molecule has 0 aliphatic carbocycles. The molecule has 0 unspecified atom stereocenters. The molecule has 2 aromatic carbocycles. The lowest BCUT2D eigenvalue weighted by Gasteiger charge is -2.31. The first kappa shape index (κ1) is 32.3. The number of nitrogens with one attached hydrogen (secondary N) is 1. The van der Waals surface area contributed by atoms with E-state index >= 15 is 0 Å². The molecule has 1 saturated heterocycles. The van der Waals surface area contributed by atoms with Crippen LogP contribution in [-0.4, -0.2) is 91.2 Å². The maximum absolute atomic E-state index is 13.4. The van der Waals surface area contributed by atoms with Gasteiger partial charge >= 0.3 is 18.0 Å². The Kier molecular flexibility index (Phi) is 12.2. The standard InChI is InChI=1S/C31H39N3O8S/c1-2-41-30(38)24(32-25-21-43-27-11-7-6-10-26(27)34(29(25)37)18-28(35)36)20-40-17-14-22-12-15-33(16-13-22)31(39)42-19-23-8-4-3-5-9-23/h3-11,22,24-25,32H,2,12-21H2,1H3,(H,35,36)/t24-,25-/m0/s1. The predicted molar refractivity (Wildman–Crippen MR) is 161 cm³/mol. The molecule has 2 heterocycles. The SMILES string of the molecule is CCOC(=O)[C@H](COCCC1CCN(C(=O)OCc2ccccc2)CC1)N[C@H]1CSc2ccccc2N(CC(=O)O)C1=O. The number of amides is 2. The number of thioether (sulfide) groups is 1. The maximum Gasteiger partial charge on any atom is 0.410 e. The fraction of sp³-hybridized carbons (Fsp3) is 0.484. The first-order valence-corrected chi connectivity index (χ1v) is 15.5. The molecular weight excluding hydrogens is 574 g/mol. The number of likely N-dealkylation sites (tertiary alicyclic amines) is 1. The van der Waals surface area contributed by atoms with Crippen LogP contribution in [0, 0.1) is 5.92 Å². The number of carbonyl (C=O) groups is 4. The minimum Gasteiger partial charge on any atom is -0.480 e. The van der Waals surface area contributed by atoms with Gasteiger partial charge in [0.05, 0.1) is 24.9 Å². The molecule has 43 heavy (non-hydrogen) atoms. The molecule has 2 aliphatic rings. The Morgan fingerprint density at radius 1 is 1.05 bits per heavy atom. The van der Waals surface area contributed by atoms with Crippen molar-refractivity contribution in [2.45, 2.75) is 49.8 Å². The highest BCUT2D eigenvalue weighted by atomic mass is 32.2. The number of esters is 1. The number of ether oxygens (including phenoxy) is 3. The first-order chi connectivity index (χ1) is 20.9. The summed E-state index contributed by atoms with van der Waals surface area (Å²) < 4.78 is 16.6. The number of carbonyl (C=O) groups excluding carboxylic acids is 3. The van der Waals surface area contributed by atoms with E-state index in [9.17, 15) is 24.3 Å². The highest BCUT2D eigenvalue weighted by molar-refractivity contribution is 7.99. The van der Waals surface area contributed by atoms with Gasteiger partial charge in [-0.2, -0.15) is 0 Å². The molecule has 0 saturated carbocycles. The number of fused-ring (bicyclic) bond motifs is 1. The van der Waals surface area contributed by atoms with E-state index in [0.29, 0.717) is 37.1 Å². The molecule has 0 aromatic heterocycles. The number of hydrogen-bond acceptors (Lipinski definition) is 9. The minimum atomic E-state index is -1.13. The molecule has 11 nitrogen and oxygen atoms in total. The summed E-state index contributed by atoms with van der Waals surface area (Å²) in [7, 11) is 0. The van der Waals surface area contributed by atoms with Gasteiger partial charge in [-0.1, -0.05) is 42.5 Å². The van der Waals surface area contributed by atoms with Crippen molar-refractivity contribution in [3.05, 3.63) is 60.2 Å². The molecular formula is C31H39N3O8S. The predicted octanol–water partition coefficient (Wildman–Crippen LogP) is 3.56. The van der Waals surface area contributed by atoms with E-state index in [1.807, 2.05) is 42.5 Å². The van der Waals surface area contributed by atoms with Gasteiger partial charge in [0.25, 0.3) is 0 Å². The van der Waals surface area contributed by atoms with Gasteiger partial charge in [0.15, 0.2) is 0 Å². The second-order valence-electron chi connectivity index (χ2n) is 10.5. The third-order valence-electron chi connectivity index (χ3n) is 7.43. The lowest BCUT2D eigenvalue weighted by molar-refractivity contribution is -0.148. The molecule has 0 radical (unpaired) electrons. The van der Waals surface area contributed by atoms with Crippen molar-refractivity contribution in [3.63, 3.8) is 0 Å². The molecule has 2 aromatic rings. The van der Waals surface area contributed by atoms with E-state index in [1.165, 1.54) is 16.7 Å². The van der Waals surface area contributed by atoms with Crippen LogP contribution in [0.3, 0.4) is 0 Å². The number of aliphatic carboxylic acids is 1. The monoisotopic (exact) mass is 613 g/mol. The van der Waals surface area contributed by atoms with E-state index < -0.39 is 36.5 Å². The fourth-order valence-corrected chi connectivity index (χ4v) is 6.19. The van der Waals surface area contributed by atoms with E-state index in [1.54, 1.807) is 24.0 Å². The fourth-order valence-electron chi connectivity index (χ4n) is 5.11. The van der Waals surface area contributed by atoms with Crippen molar-refractivity contribution >= 4 is 41.4 Å². The lowest BCUT2D eigenvalue weighted by Crippen LogP contribution is -2.55. The molecule has 1 fully saturated rings. The molecule has 232 valence electrons. The third-order valence-corrected chi connectivity index (χ3v) is 8.58. The number of rotatable bonds is 13. The van der Waals surface area contributed by atoms with Crippen LogP contribution >= 0.6 is 11.8 Å². The topological polar surface area (TPSA) is 135 Å². The van der Waals surface area contributed by atoms with Crippen LogP contribution < -0.4 is 10.2 Å². The number of piperidine rings is 1. The molecule has 12 heteroatoms. The number of carboxylic acids is 1. The highest BCUT2D eigenvalue weighted by Gasteiger charge is 2.35. The molecule has 2 amide bonds.